The van der Waals surface area contributed by atoms with Crippen LogP contribution in [0, 0.1) is 5.82 Å². The number of hydrogen-bond donors (Lipinski definition) is 0. The zero-order valence-corrected chi connectivity index (χ0v) is 8.81. The zero-order chi connectivity index (χ0) is 9.42. The van der Waals surface area contributed by atoms with E-state index in [1.165, 1.54) is 17.4 Å². The monoisotopic (exact) mass is 234 g/mol. The molecule has 0 atom stereocenters. The Morgan fingerprint density at radius 2 is 2.15 bits per heavy atom. The maximum Gasteiger partial charge on any atom is 0.133 e. The third-order valence-electron chi connectivity index (χ3n) is 1.81. The Morgan fingerprint density at radius 1 is 1.38 bits per heavy atom. The maximum absolute atomic E-state index is 13.4. The van der Waals surface area contributed by atoms with E-state index in [9.17, 15) is 4.39 Å². The van der Waals surface area contributed by atoms with E-state index in [1.54, 1.807) is 6.07 Å². The third-order valence-corrected chi connectivity index (χ3v) is 3.30. The highest BCUT2D eigenvalue weighted by atomic mass is 35.5. The molecule has 0 saturated heterocycles. The summed E-state index contributed by atoms with van der Waals surface area (Å²) in [5.41, 5.74) is 0.829. The van der Waals surface area contributed by atoms with Crippen LogP contribution in [0.4, 0.5) is 4.39 Å². The standard InChI is InChI=1S/C9H5Cl2FS/c10-3-5-4-13-8-2-6(11)1-7(12)9(5)8/h1-2,4H,3H2. The van der Waals surface area contributed by atoms with Crippen LogP contribution in [0.2, 0.25) is 5.02 Å². The molecule has 0 amide bonds. The lowest BCUT2D eigenvalue weighted by Crippen LogP contribution is -1.79. The van der Waals surface area contributed by atoms with E-state index in [1.807, 2.05) is 5.38 Å². The van der Waals surface area contributed by atoms with Gasteiger partial charge in [0.2, 0.25) is 0 Å². The number of alkyl halides is 1. The van der Waals surface area contributed by atoms with E-state index in [2.05, 4.69) is 0 Å². The van der Waals surface area contributed by atoms with Crippen molar-refractivity contribution in [3.63, 3.8) is 0 Å². The quantitative estimate of drug-likeness (QED) is 0.641. The summed E-state index contributed by atoms with van der Waals surface area (Å²) in [4.78, 5) is 0. The van der Waals surface area contributed by atoms with Crippen molar-refractivity contribution in [2.24, 2.45) is 0 Å². The minimum atomic E-state index is -0.292. The highest BCUT2D eigenvalue weighted by Gasteiger charge is 2.09. The molecular formula is C9H5Cl2FS. The van der Waals surface area contributed by atoms with Gasteiger partial charge in [-0.2, -0.15) is 0 Å². The molecule has 1 aromatic carbocycles. The molecule has 1 heterocycles. The molecule has 68 valence electrons. The second-order valence-corrected chi connectivity index (χ2v) is 4.27. The van der Waals surface area contributed by atoms with Gasteiger partial charge in [-0.25, -0.2) is 4.39 Å². The van der Waals surface area contributed by atoms with Crippen molar-refractivity contribution in [2.75, 3.05) is 0 Å². The molecule has 0 aliphatic rings. The molecule has 0 fully saturated rings. The van der Waals surface area contributed by atoms with Gasteiger partial charge in [0.15, 0.2) is 0 Å². The van der Waals surface area contributed by atoms with Crippen molar-refractivity contribution in [3.8, 4) is 0 Å². The molecule has 0 unspecified atom stereocenters. The van der Waals surface area contributed by atoms with Gasteiger partial charge >= 0.3 is 0 Å². The Morgan fingerprint density at radius 3 is 2.85 bits per heavy atom. The molecule has 13 heavy (non-hydrogen) atoms. The Balaban J connectivity index is 2.82. The van der Waals surface area contributed by atoms with Crippen LogP contribution in [0.3, 0.4) is 0 Å². The average Bonchev–Trinajstić information content (AvgIpc) is 2.47. The van der Waals surface area contributed by atoms with Crippen LogP contribution >= 0.6 is 34.5 Å². The first kappa shape index (κ1) is 9.25. The van der Waals surface area contributed by atoms with E-state index in [0.29, 0.717) is 16.3 Å². The van der Waals surface area contributed by atoms with Gasteiger partial charge in [0.25, 0.3) is 0 Å². The lowest BCUT2D eigenvalue weighted by Gasteiger charge is -1.96. The second kappa shape index (κ2) is 3.45. The van der Waals surface area contributed by atoms with Crippen molar-refractivity contribution in [1.82, 2.24) is 0 Å². The number of benzene rings is 1. The van der Waals surface area contributed by atoms with Crippen molar-refractivity contribution in [1.29, 1.82) is 0 Å². The number of hydrogen-bond acceptors (Lipinski definition) is 1. The third kappa shape index (κ3) is 1.54. The minimum Gasteiger partial charge on any atom is -0.206 e. The number of rotatable bonds is 1. The van der Waals surface area contributed by atoms with Crippen LogP contribution in [0.1, 0.15) is 5.56 Å². The fraction of sp³-hybridized carbons (Fsp3) is 0.111. The Hall–Kier alpha value is -0.310. The molecule has 0 aliphatic carbocycles. The molecule has 0 spiro atoms. The molecular weight excluding hydrogens is 230 g/mol. The summed E-state index contributed by atoms with van der Waals surface area (Å²) >= 11 is 12.8. The van der Waals surface area contributed by atoms with Gasteiger partial charge in [-0.3, -0.25) is 0 Å². The van der Waals surface area contributed by atoms with Crippen LogP contribution in [0.25, 0.3) is 10.1 Å². The highest BCUT2D eigenvalue weighted by Crippen LogP contribution is 2.31. The largest absolute Gasteiger partial charge is 0.206 e. The fourth-order valence-electron chi connectivity index (χ4n) is 1.25. The van der Waals surface area contributed by atoms with Gasteiger partial charge in [-0.05, 0) is 23.1 Å². The summed E-state index contributed by atoms with van der Waals surface area (Å²) in [6, 6.07) is 3.06. The summed E-state index contributed by atoms with van der Waals surface area (Å²) < 4.78 is 14.2. The van der Waals surface area contributed by atoms with Crippen LogP contribution in [-0.2, 0) is 5.88 Å². The molecule has 0 nitrogen and oxygen atoms in total. The molecule has 0 bridgehead atoms. The molecule has 1 aromatic heterocycles. The summed E-state index contributed by atoms with van der Waals surface area (Å²) in [7, 11) is 0. The summed E-state index contributed by atoms with van der Waals surface area (Å²) in [6.45, 7) is 0. The Bertz CT molecular complexity index is 450. The number of fused-ring (bicyclic) bond motifs is 1. The Labute approximate surface area is 88.9 Å². The molecule has 0 N–H and O–H groups in total. The lowest BCUT2D eigenvalue weighted by molar-refractivity contribution is 0.639. The number of thiophene rings is 1. The lowest BCUT2D eigenvalue weighted by atomic mass is 10.2. The van der Waals surface area contributed by atoms with E-state index in [4.69, 9.17) is 23.2 Å². The highest BCUT2D eigenvalue weighted by molar-refractivity contribution is 7.17. The first-order chi connectivity index (χ1) is 6.22. The summed E-state index contributed by atoms with van der Waals surface area (Å²) in [5, 5.41) is 2.88. The molecule has 0 radical (unpaired) electrons. The first-order valence-electron chi connectivity index (χ1n) is 3.63. The van der Waals surface area contributed by atoms with E-state index < -0.39 is 0 Å². The predicted molar refractivity (Wildman–Crippen MR) is 56.4 cm³/mol. The predicted octanol–water partition coefficient (Wildman–Crippen LogP) is 4.43. The number of halogens is 3. The smallest absolute Gasteiger partial charge is 0.133 e. The normalized spacial score (nSPS) is 11.0. The first-order valence-corrected chi connectivity index (χ1v) is 5.42. The van der Waals surface area contributed by atoms with Gasteiger partial charge in [-0.1, -0.05) is 11.6 Å². The van der Waals surface area contributed by atoms with E-state index in [0.717, 1.165) is 10.3 Å². The van der Waals surface area contributed by atoms with Crippen molar-refractivity contribution < 1.29 is 4.39 Å². The van der Waals surface area contributed by atoms with Crippen LogP contribution < -0.4 is 0 Å². The molecule has 2 aromatic rings. The maximum atomic E-state index is 13.4. The molecule has 0 aliphatic heterocycles. The Kier molecular flexibility index (Phi) is 2.45. The van der Waals surface area contributed by atoms with Gasteiger partial charge < -0.3 is 0 Å². The van der Waals surface area contributed by atoms with Gasteiger partial charge in [0, 0.05) is 21.0 Å². The summed E-state index contributed by atoms with van der Waals surface area (Å²) in [5.74, 6) is 0.0397. The fourth-order valence-corrected chi connectivity index (χ4v) is 2.83. The van der Waals surface area contributed by atoms with Crippen molar-refractivity contribution in [3.05, 3.63) is 33.9 Å². The van der Waals surface area contributed by atoms with Gasteiger partial charge in [0.1, 0.15) is 5.82 Å². The molecule has 4 heteroatoms. The van der Waals surface area contributed by atoms with Crippen LogP contribution in [-0.4, -0.2) is 0 Å². The van der Waals surface area contributed by atoms with Crippen molar-refractivity contribution >= 4 is 44.6 Å². The SMILES string of the molecule is Fc1cc(Cl)cc2scc(CCl)c12. The van der Waals surface area contributed by atoms with E-state index >= 15 is 0 Å². The summed E-state index contributed by atoms with van der Waals surface area (Å²) in [6.07, 6.45) is 0. The average molecular weight is 235 g/mol. The van der Waals surface area contributed by atoms with Crippen molar-refractivity contribution in [2.45, 2.75) is 5.88 Å². The van der Waals surface area contributed by atoms with Gasteiger partial charge in [-0.15, -0.1) is 22.9 Å². The topological polar surface area (TPSA) is 0 Å². The van der Waals surface area contributed by atoms with Crippen LogP contribution in [0.5, 0.6) is 0 Å². The zero-order valence-electron chi connectivity index (χ0n) is 6.48. The van der Waals surface area contributed by atoms with Gasteiger partial charge in [0.05, 0.1) is 0 Å². The molecule has 2 rings (SSSR count). The minimum absolute atomic E-state index is 0.292. The molecule has 0 saturated carbocycles. The second-order valence-electron chi connectivity index (χ2n) is 2.66. The van der Waals surface area contributed by atoms with E-state index in [-0.39, 0.29) is 5.82 Å². The van der Waals surface area contributed by atoms with Crippen LogP contribution in [0.15, 0.2) is 17.5 Å².